The van der Waals surface area contributed by atoms with Gasteiger partial charge in [-0.2, -0.15) is 0 Å². The maximum absolute atomic E-state index is 4.90. The summed E-state index contributed by atoms with van der Waals surface area (Å²) in [6.45, 7) is 72.3. The van der Waals surface area contributed by atoms with Crippen LogP contribution in [0.5, 0.6) is 0 Å². The summed E-state index contributed by atoms with van der Waals surface area (Å²) in [5.41, 5.74) is 6.77. The molecule has 0 bridgehead atoms. The van der Waals surface area contributed by atoms with Gasteiger partial charge in [-0.15, -0.1) is 11.8 Å². The molecule has 0 aromatic heterocycles. The summed E-state index contributed by atoms with van der Waals surface area (Å²) in [5, 5.41) is 8.03. The number of hydrogen-bond acceptors (Lipinski definition) is 10. The lowest BCUT2D eigenvalue weighted by atomic mass is 10.0. The van der Waals surface area contributed by atoms with Gasteiger partial charge in [0.05, 0.1) is 23.1 Å². The molecule has 0 saturated heterocycles. The minimum absolute atomic E-state index is 0.500. The van der Waals surface area contributed by atoms with Crippen molar-refractivity contribution in [2.45, 2.75) is 253 Å². The minimum atomic E-state index is 0.500. The van der Waals surface area contributed by atoms with E-state index < -0.39 is 0 Å². The summed E-state index contributed by atoms with van der Waals surface area (Å²) in [6, 6.07) is 0. The summed E-state index contributed by atoms with van der Waals surface area (Å²) in [4.78, 5) is 25.2. The van der Waals surface area contributed by atoms with Crippen molar-refractivity contribution in [2.24, 2.45) is 62.6 Å². The average Bonchev–Trinajstić information content (AvgIpc) is 3.95. The van der Waals surface area contributed by atoms with Crippen LogP contribution in [-0.2, 0) is 9.57 Å². The molecule has 0 saturated carbocycles. The second kappa shape index (κ2) is 43.5. The van der Waals surface area contributed by atoms with E-state index in [-0.39, 0.29) is 0 Å². The zero-order valence-electron chi connectivity index (χ0n) is 51.7. The van der Waals surface area contributed by atoms with Crippen molar-refractivity contribution < 1.29 is 9.57 Å². The topological polar surface area (TPSA) is 105 Å². The van der Waals surface area contributed by atoms with Crippen LogP contribution in [0.1, 0.15) is 253 Å². The van der Waals surface area contributed by atoms with Crippen molar-refractivity contribution in [3.05, 3.63) is 0 Å². The third-order valence-corrected chi connectivity index (χ3v) is 6.65. The monoisotopic (exact) mass is 982 g/mol. The standard InChI is InChI=1S/C6H11N.C5H10N2.C5H9N.6C5H12.2C4H7NO.C4H7NS/c1-6-4-2-3-5-7-6;1-5-6-3-2-4-7-5;1-5-3-2-4-6-5;6*1-5(2,3)4;1-4-5-2-3-6-4;1-4-2-3-6-5-4;1-4-5-2-3-6-4/h2-5H2,1H3;2-4H2,1H3,(H,6,7);2-4H2,1H3;6*1-4H3;3*2-3H2,1H3. The first-order valence-electron chi connectivity index (χ1n) is 26.0. The van der Waals surface area contributed by atoms with Crippen LogP contribution < -0.4 is 5.32 Å². The van der Waals surface area contributed by atoms with Crippen LogP contribution in [0.15, 0.2) is 30.1 Å². The van der Waals surface area contributed by atoms with Crippen molar-refractivity contribution in [2.75, 3.05) is 58.2 Å². The highest BCUT2D eigenvalue weighted by atomic mass is 32.2. The van der Waals surface area contributed by atoms with Crippen molar-refractivity contribution in [3.8, 4) is 0 Å². The second-order valence-electron chi connectivity index (χ2n) is 27.5. The van der Waals surface area contributed by atoms with E-state index in [1.54, 1.807) is 0 Å². The molecule has 0 radical (unpaired) electrons. The van der Waals surface area contributed by atoms with Crippen LogP contribution in [0.2, 0.25) is 0 Å². The summed E-state index contributed by atoms with van der Waals surface area (Å²) >= 11 is 1.85. The SMILES string of the molecule is CC(C)(C)C.CC(C)(C)C.CC(C)(C)C.CC(C)(C)C.CC(C)(C)C.CC(C)(C)C.CC1=NCCC1.CC1=NCCCC1.CC1=NCCCN1.CC1=NCCO1.CC1=NCCS1.CC1=NOCC1. The van der Waals surface area contributed by atoms with Crippen molar-refractivity contribution >= 4 is 45.7 Å². The van der Waals surface area contributed by atoms with Crippen LogP contribution in [0, 0.1) is 32.5 Å². The Labute approximate surface area is 432 Å². The van der Waals surface area contributed by atoms with Gasteiger partial charge in [-0.05, 0) is 106 Å². The summed E-state index contributed by atoms with van der Waals surface area (Å²) in [6.07, 6.45) is 8.62. The maximum atomic E-state index is 4.90. The molecule has 0 atom stereocenters. The van der Waals surface area contributed by atoms with Crippen LogP contribution in [0.4, 0.5) is 0 Å². The van der Waals surface area contributed by atoms with E-state index in [1.165, 1.54) is 60.7 Å². The summed E-state index contributed by atoms with van der Waals surface area (Å²) in [7, 11) is 0. The van der Waals surface area contributed by atoms with Crippen LogP contribution in [0.3, 0.4) is 0 Å². The molecule has 1 N–H and O–H groups in total. The van der Waals surface area contributed by atoms with Gasteiger partial charge in [-0.1, -0.05) is 171 Å². The normalized spacial score (nSPS) is 16.9. The lowest BCUT2D eigenvalue weighted by Gasteiger charge is -2.08. The Morgan fingerprint density at radius 2 is 0.794 bits per heavy atom. The molecule has 68 heavy (non-hydrogen) atoms. The lowest BCUT2D eigenvalue weighted by Crippen LogP contribution is -2.26. The Kier molecular flexibility index (Phi) is 49.5. The summed E-state index contributed by atoms with van der Waals surface area (Å²) < 4.78 is 4.90. The molecule has 0 unspecified atom stereocenters. The Morgan fingerprint density at radius 3 is 0.897 bits per heavy atom. The van der Waals surface area contributed by atoms with Crippen molar-refractivity contribution in [1.29, 1.82) is 0 Å². The highest BCUT2D eigenvalue weighted by Gasteiger charge is 2.01. The third kappa shape index (κ3) is 144. The number of ether oxygens (including phenoxy) is 1. The van der Waals surface area contributed by atoms with Gasteiger partial charge in [0.1, 0.15) is 13.2 Å². The quantitative estimate of drug-likeness (QED) is 0.261. The molecule has 6 heterocycles. The maximum Gasteiger partial charge on any atom is 0.180 e. The molecule has 408 valence electrons. The first kappa shape index (κ1) is 77.2. The van der Waals surface area contributed by atoms with Crippen molar-refractivity contribution in [3.63, 3.8) is 0 Å². The third-order valence-electron chi connectivity index (χ3n) is 5.72. The van der Waals surface area contributed by atoms with Gasteiger partial charge in [-0.25, -0.2) is 0 Å². The second-order valence-corrected chi connectivity index (χ2v) is 28.7. The van der Waals surface area contributed by atoms with E-state index in [4.69, 9.17) is 4.74 Å². The van der Waals surface area contributed by atoms with Gasteiger partial charge in [0.15, 0.2) is 5.90 Å². The van der Waals surface area contributed by atoms with Gasteiger partial charge in [0, 0.05) is 63.2 Å². The molecule has 0 amide bonds. The Bertz CT molecular complexity index is 1110. The molecule has 0 aromatic carbocycles. The number of nitrogens with zero attached hydrogens (tertiary/aromatic N) is 6. The largest absolute Gasteiger partial charge is 0.479 e. The molecule has 0 aromatic rings. The molecule has 6 rings (SSSR count). The molecule has 6 aliphatic heterocycles. The Morgan fingerprint density at radius 1 is 0.397 bits per heavy atom. The van der Waals surface area contributed by atoms with Gasteiger partial charge < -0.3 is 14.9 Å². The zero-order chi connectivity index (χ0) is 54.8. The minimum Gasteiger partial charge on any atom is -0.479 e. The number of aliphatic imine (C=N–C) groups is 5. The van der Waals surface area contributed by atoms with E-state index in [1.807, 2.05) is 32.5 Å². The first-order valence-corrected chi connectivity index (χ1v) is 27.0. The molecular formula is C58H123N7O2S. The van der Waals surface area contributed by atoms with Gasteiger partial charge in [-0.3, -0.25) is 25.0 Å². The number of rotatable bonds is 0. The fourth-order valence-corrected chi connectivity index (χ4v) is 4.12. The predicted octanol–water partition coefficient (Wildman–Crippen LogP) is 18.0. The highest BCUT2D eigenvalue weighted by Crippen LogP contribution is 2.11. The number of amidine groups is 1. The van der Waals surface area contributed by atoms with Gasteiger partial charge in [0.2, 0.25) is 0 Å². The summed E-state index contributed by atoms with van der Waals surface area (Å²) in [5.74, 6) is 3.12. The van der Waals surface area contributed by atoms with Crippen LogP contribution in [0.25, 0.3) is 0 Å². The first-order chi connectivity index (χ1) is 30.4. The predicted molar refractivity (Wildman–Crippen MR) is 318 cm³/mol. The molecular weight excluding hydrogens is 859 g/mol. The smallest absolute Gasteiger partial charge is 0.180 e. The number of nitrogens with one attached hydrogen (secondary N) is 1. The van der Waals surface area contributed by atoms with Gasteiger partial charge in [0.25, 0.3) is 0 Å². The van der Waals surface area contributed by atoms with Gasteiger partial charge >= 0.3 is 0 Å². The van der Waals surface area contributed by atoms with Crippen LogP contribution in [-0.4, -0.2) is 92.1 Å². The fourth-order valence-electron chi connectivity index (χ4n) is 3.46. The van der Waals surface area contributed by atoms with E-state index in [0.717, 1.165) is 76.3 Å². The van der Waals surface area contributed by atoms with E-state index in [0.29, 0.717) is 32.5 Å². The Hall–Kier alpha value is -2.23. The lowest BCUT2D eigenvalue weighted by molar-refractivity contribution is 0.173. The van der Waals surface area contributed by atoms with E-state index >= 15 is 0 Å². The van der Waals surface area contributed by atoms with Crippen molar-refractivity contribution in [1.82, 2.24) is 5.32 Å². The highest BCUT2D eigenvalue weighted by molar-refractivity contribution is 8.14. The molecule has 0 fully saturated rings. The number of oxime groups is 1. The number of hydrogen-bond donors (Lipinski definition) is 1. The molecule has 9 nitrogen and oxygen atoms in total. The van der Waals surface area contributed by atoms with Crippen LogP contribution >= 0.6 is 11.8 Å². The number of thioether (sulfide) groups is 1. The fraction of sp³-hybridized carbons (Fsp3) is 0.897. The van der Waals surface area contributed by atoms with E-state index in [9.17, 15) is 0 Å². The molecule has 0 aliphatic carbocycles. The Balaban J connectivity index is -0.000000155. The molecule has 0 spiro atoms. The molecule has 6 aliphatic rings. The average molecular weight is 983 g/mol. The zero-order valence-corrected chi connectivity index (χ0v) is 52.5. The van der Waals surface area contributed by atoms with E-state index in [2.05, 4.69) is 227 Å². The molecule has 10 heteroatoms.